The molecule has 0 aliphatic carbocycles. The third-order valence-corrected chi connectivity index (χ3v) is 5.43. The van der Waals surface area contributed by atoms with Gasteiger partial charge in [0.05, 0.1) is 17.0 Å². The van der Waals surface area contributed by atoms with Crippen LogP contribution in [0.5, 0.6) is 5.75 Å². The van der Waals surface area contributed by atoms with E-state index in [0.29, 0.717) is 16.3 Å². The molecule has 3 aromatic rings. The topological polar surface area (TPSA) is 65.5 Å². The van der Waals surface area contributed by atoms with Gasteiger partial charge in [0, 0.05) is 10.9 Å². The maximum Gasteiger partial charge on any atom is 0.358 e. The number of esters is 1. The molecule has 3 rings (SSSR count). The first kappa shape index (κ1) is 17.6. The largest absolute Gasteiger partial charge is 0.495 e. The Balaban J connectivity index is 1.62. The molecule has 2 aromatic heterocycles. The molecule has 0 atom stereocenters. The highest BCUT2D eigenvalue weighted by molar-refractivity contribution is 7.20. The number of ether oxygens (including phenoxy) is 2. The van der Waals surface area contributed by atoms with E-state index in [1.54, 1.807) is 17.5 Å². The molecule has 8 heteroatoms. The monoisotopic (exact) mass is 393 g/mol. The van der Waals surface area contributed by atoms with Crippen LogP contribution >= 0.6 is 34.3 Å². The Hall–Kier alpha value is -2.22. The molecule has 0 bridgehead atoms. The molecule has 0 saturated heterocycles. The molecule has 0 aliphatic rings. The zero-order valence-electron chi connectivity index (χ0n) is 13.0. The van der Waals surface area contributed by atoms with Crippen LogP contribution in [0.4, 0.5) is 0 Å². The van der Waals surface area contributed by atoms with Crippen molar-refractivity contribution in [3.63, 3.8) is 0 Å². The number of nitrogens with zero attached hydrogens (tertiary/aromatic N) is 1. The molecule has 5 nitrogen and oxygen atoms in total. The van der Waals surface area contributed by atoms with Crippen LogP contribution in [0.15, 0.2) is 41.1 Å². The van der Waals surface area contributed by atoms with Gasteiger partial charge in [0.25, 0.3) is 0 Å². The fourth-order valence-corrected chi connectivity index (χ4v) is 3.87. The Bertz CT molecular complexity index is 905. The zero-order valence-corrected chi connectivity index (χ0v) is 15.4. The Morgan fingerprint density at radius 2 is 2.08 bits per heavy atom. The summed E-state index contributed by atoms with van der Waals surface area (Å²) in [5, 5.41) is 4.62. The standard InChI is InChI=1S/C17H12ClNO4S2/c1-22-14-5-4-10(7-11(14)18)13(20)8-23-17(21)12-9-25-16(19-12)15-3-2-6-24-15/h2-7,9H,8H2,1H3. The van der Waals surface area contributed by atoms with Gasteiger partial charge in [-0.1, -0.05) is 17.7 Å². The Kier molecular flexibility index (Phi) is 5.47. The lowest BCUT2D eigenvalue weighted by atomic mass is 10.1. The number of thiazole rings is 1. The van der Waals surface area contributed by atoms with Crippen LogP contribution in [0.1, 0.15) is 20.8 Å². The number of rotatable bonds is 6. The van der Waals surface area contributed by atoms with E-state index in [1.165, 1.54) is 35.8 Å². The van der Waals surface area contributed by atoms with E-state index < -0.39 is 5.97 Å². The summed E-state index contributed by atoms with van der Waals surface area (Å²) in [6.07, 6.45) is 0. The van der Waals surface area contributed by atoms with Gasteiger partial charge in [-0.25, -0.2) is 9.78 Å². The molecule has 0 amide bonds. The average molecular weight is 394 g/mol. The number of Topliss-reactive ketones (excluding diaryl/α,β-unsaturated/α-hetero) is 1. The van der Waals surface area contributed by atoms with Crippen LogP contribution < -0.4 is 4.74 Å². The summed E-state index contributed by atoms with van der Waals surface area (Å²) in [6.45, 7) is -0.382. The normalized spacial score (nSPS) is 10.5. The predicted molar refractivity (Wildman–Crippen MR) is 98.0 cm³/mol. The number of benzene rings is 1. The van der Waals surface area contributed by atoms with Crippen molar-refractivity contribution in [2.24, 2.45) is 0 Å². The van der Waals surface area contributed by atoms with Crippen molar-refractivity contribution in [2.75, 3.05) is 13.7 Å². The van der Waals surface area contributed by atoms with Gasteiger partial charge >= 0.3 is 5.97 Å². The molecular weight excluding hydrogens is 382 g/mol. The van der Waals surface area contributed by atoms with Crippen molar-refractivity contribution in [3.05, 3.63) is 57.4 Å². The Morgan fingerprint density at radius 3 is 2.76 bits per heavy atom. The highest BCUT2D eigenvalue weighted by atomic mass is 35.5. The number of methoxy groups -OCH3 is 1. The van der Waals surface area contributed by atoms with Gasteiger partial charge in [0.1, 0.15) is 10.8 Å². The number of hydrogen-bond donors (Lipinski definition) is 0. The maximum absolute atomic E-state index is 12.1. The second-order valence-corrected chi connectivity index (χ2v) is 7.08. The average Bonchev–Trinajstić information content (AvgIpc) is 3.30. The minimum absolute atomic E-state index is 0.189. The van der Waals surface area contributed by atoms with Crippen LogP contribution in [-0.2, 0) is 4.74 Å². The lowest BCUT2D eigenvalue weighted by molar-refractivity contribution is 0.0470. The Labute approximate surface area is 156 Å². The van der Waals surface area contributed by atoms with Crippen molar-refractivity contribution >= 4 is 46.0 Å². The molecule has 0 fully saturated rings. The molecule has 0 aliphatic heterocycles. The minimum Gasteiger partial charge on any atom is -0.495 e. The number of thiophene rings is 1. The lowest BCUT2D eigenvalue weighted by Crippen LogP contribution is -2.14. The van der Waals surface area contributed by atoms with Gasteiger partial charge in [0.2, 0.25) is 0 Å². The van der Waals surface area contributed by atoms with Crippen LogP contribution in [0.2, 0.25) is 5.02 Å². The number of hydrogen-bond acceptors (Lipinski definition) is 7. The third-order valence-electron chi connectivity index (χ3n) is 3.25. The van der Waals surface area contributed by atoms with E-state index in [2.05, 4.69) is 4.98 Å². The summed E-state index contributed by atoms with van der Waals surface area (Å²) in [5.74, 6) is -0.516. The van der Waals surface area contributed by atoms with Crippen LogP contribution in [-0.4, -0.2) is 30.5 Å². The molecule has 2 heterocycles. The lowest BCUT2D eigenvalue weighted by Gasteiger charge is -2.06. The van der Waals surface area contributed by atoms with Gasteiger partial charge in [-0.2, -0.15) is 0 Å². The number of carbonyl (C=O) groups is 2. The van der Waals surface area contributed by atoms with Gasteiger partial charge in [-0.05, 0) is 29.6 Å². The Morgan fingerprint density at radius 1 is 1.24 bits per heavy atom. The first-order chi connectivity index (χ1) is 12.1. The van der Waals surface area contributed by atoms with Crippen LogP contribution in [0, 0.1) is 0 Å². The number of aromatic nitrogens is 1. The molecule has 0 N–H and O–H groups in total. The molecule has 0 radical (unpaired) electrons. The number of ketones is 1. The van der Waals surface area contributed by atoms with E-state index in [4.69, 9.17) is 21.1 Å². The summed E-state index contributed by atoms with van der Waals surface area (Å²) >= 11 is 8.89. The smallest absolute Gasteiger partial charge is 0.358 e. The first-order valence-electron chi connectivity index (χ1n) is 7.11. The fraction of sp³-hybridized carbons (Fsp3) is 0.118. The molecule has 1 aromatic carbocycles. The summed E-state index contributed by atoms with van der Waals surface area (Å²) < 4.78 is 10.1. The predicted octanol–water partition coefficient (Wildman–Crippen LogP) is 4.57. The first-order valence-corrected chi connectivity index (χ1v) is 9.25. The maximum atomic E-state index is 12.1. The van der Waals surface area contributed by atoms with Crippen molar-refractivity contribution in [2.45, 2.75) is 0 Å². The number of carbonyl (C=O) groups excluding carboxylic acids is 2. The van der Waals surface area contributed by atoms with E-state index in [-0.39, 0.29) is 18.1 Å². The second-order valence-electron chi connectivity index (χ2n) is 4.86. The molecule has 0 spiro atoms. The number of halogens is 1. The molecular formula is C17H12ClNO4S2. The minimum atomic E-state index is -0.632. The summed E-state index contributed by atoms with van der Waals surface area (Å²) in [5.41, 5.74) is 0.533. The van der Waals surface area contributed by atoms with Crippen LogP contribution in [0.25, 0.3) is 9.88 Å². The van der Waals surface area contributed by atoms with Crippen LogP contribution in [0.3, 0.4) is 0 Å². The summed E-state index contributed by atoms with van der Waals surface area (Å²) in [7, 11) is 1.49. The summed E-state index contributed by atoms with van der Waals surface area (Å²) in [6, 6.07) is 8.48. The fourth-order valence-electron chi connectivity index (χ4n) is 2.01. The highest BCUT2D eigenvalue weighted by Gasteiger charge is 2.16. The van der Waals surface area contributed by atoms with E-state index in [1.807, 2.05) is 17.5 Å². The van der Waals surface area contributed by atoms with Gasteiger partial charge < -0.3 is 9.47 Å². The van der Waals surface area contributed by atoms with Crippen molar-refractivity contribution < 1.29 is 19.1 Å². The van der Waals surface area contributed by atoms with Gasteiger partial charge in [0.15, 0.2) is 18.1 Å². The van der Waals surface area contributed by atoms with Crippen molar-refractivity contribution in [1.29, 1.82) is 0 Å². The SMILES string of the molecule is COc1ccc(C(=O)COC(=O)c2csc(-c3cccs3)n2)cc1Cl. The summed E-state index contributed by atoms with van der Waals surface area (Å²) in [4.78, 5) is 29.4. The van der Waals surface area contributed by atoms with Crippen molar-refractivity contribution in [3.8, 4) is 15.6 Å². The second kappa shape index (κ2) is 7.77. The van der Waals surface area contributed by atoms with E-state index in [0.717, 1.165) is 9.88 Å². The quantitative estimate of drug-likeness (QED) is 0.453. The van der Waals surface area contributed by atoms with Crippen molar-refractivity contribution in [1.82, 2.24) is 4.98 Å². The molecule has 0 unspecified atom stereocenters. The van der Waals surface area contributed by atoms with E-state index >= 15 is 0 Å². The zero-order chi connectivity index (χ0) is 17.8. The van der Waals surface area contributed by atoms with E-state index in [9.17, 15) is 9.59 Å². The molecule has 128 valence electrons. The highest BCUT2D eigenvalue weighted by Crippen LogP contribution is 2.28. The third kappa shape index (κ3) is 4.07. The molecule has 25 heavy (non-hydrogen) atoms. The van der Waals surface area contributed by atoms with Gasteiger partial charge in [-0.3, -0.25) is 4.79 Å². The molecule has 0 saturated carbocycles. The van der Waals surface area contributed by atoms with Gasteiger partial charge in [-0.15, -0.1) is 22.7 Å².